The van der Waals surface area contributed by atoms with Crippen molar-refractivity contribution >= 4 is 17.2 Å². The molecule has 0 bridgehead atoms. The van der Waals surface area contributed by atoms with Crippen LogP contribution in [0.25, 0.3) is 0 Å². The largest absolute Gasteiger partial charge is 0.474 e. The summed E-state index contributed by atoms with van der Waals surface area (Å²) < 4.78 is 5.98. The fourth-order valence-electron chi connectivity index (χ4n) is 2.96. The predicted octanol–water partition coefficient (Wildman–Crippen LogP) is 2.85. The van der Waals surface area contributed by atoms with E-state index >= 15 is 0 Å². The minimum atomic E-state index is 0.0882. The molecule has 0 unspecified atom stereocenters. The van der Waals surface area contributed by atoms with Crippen LogP contribution in [0.5, 0.6) is 5.88 Å². The van der Waals surface area contributed by atoms with Gasteiger partial charge in [-0.3, -0.25) is 4.79 Å². The molecule has 0 N–H and O–H groups in total. The van der Waals surface area contributed by atoms with Gasteiger partial charge in [0.05, 0.1) is 10.7 Å². The fourth-order valence-corrected chi connectivity index (χ4v) is 3.85. The Bertz CT molecular complexity index is 731. The van der Waals surface area contributed by atoms with Gasteiger partial charge in [0.25, 0.3) is 5.91 Å². The summed E-state index contributed by atoms with van der Waals surface area (Å²) in [4.78, 5) is 28.2. The van der Waals surface area contributed by atoms with Crippen molar-refractivity contribution in [3.05, 3.63) is 33.2 Å². The molecule has 1 aliphatic heterocycles. The zero-order chi connectivity index (χ0) is 17.3. The highest BCUT2D eigenvalue weighted by Crippen LogP contribution is 2.23. The smallest absolute Gasteiger partial charge is 0.265 e. The zero-order valence-electron chi connectivity index (χ0n) is 14.5. The highest BCUT2D eigenvalue weighted by Gasteiger charge is 2.27. The summed E-state index contributed by atoms with van der Waals surface area (Å²) in [6.07, 6.45) is 1.71. The Kier molecular flexibility index (Phi) is 4.80. The van der Waals surface area contributed by atoms with E-state index in [0.717, 1.165) is 34.1 Å². The molecule has 0 atom stereocenters. The van der Waals surface area contributed by atoms with E-state index in [1.54, 1.807) is 0 Å². The number of aromatic nitrogens is 3. The highest BCUT2D eigenvalue weighted by molar-refractivity contribution is 7.13. The molecule has 7 heteroatoms. The van der Waals surface area contributed by atoms with E-state index in [1.807, 2.05) is 38.7 Å². The van der Waals surface area contributed by atoms with Gasteiger partial charge in [-0.05, 0) is 27.7 Å². The normalized spacial score (nSPS) is 15.6. The van der Waals surface area contributed by atoms with Gasteiger partial charge in [0.15, 0.2) is 0 Å². The number of nitrogens with zero attached hydrogens (tertiary/aromatic N) is 4. The van der Waals surface area contributed by atoms with Crippen LogP contribution in [0.2, 0.25) is 0 Å². The second-order valence-corrected chi connectivity index (χ2v) is 7.35. The molecule has 0 saturated carbocycles. The van der Waals surface area contributed by atoms with Gasteiger partial charge in [0.2, 0.25) is 5.88 Å². The summed E-state index contributed by atoms with van der Waals surface area (Å²) in [7, 11) is 0. The van der Waals surface area contributed by atoms with Gasteiger partial charge < -0.3 is 9.64 Å². The molecule has 1 saturated heterocycles. The SMILES string of the molecule is Cc1cc(OC2CCN(C(=O)c3sc(C)nc3C)CC2)nc(C)n1. The zero-order valence-corrected chi connectivity index (χ0v) is 15.3. The Labute approximate surface area is 145 Å². The van der Waals surface area contributed by atoms with Gasteiger partial charge in [-0.1, -0.05) is 0 Å². The third-order valence-corrected chi connectivity index (χ3v) is 5.12. The molecular weight excluding hydrogens is 324 g/mol. The topological polar surface area (TPSA) is 68.2 Å². The average Bonchev–Trinajstić information content (AvgIpc) is 2.85. The number of ether oxygens (including phenoxy) is 1. The molecule has 2 aromatic rings. The van der Waals surface area contributed by atoms with E-state index < -0.39 is 0 Å². The molecule has 3 heterocycles. The number of thiazole rings is 1. The summed E-state index contributed by atoms with van der Waals surface area (Å²) in [6, 6.07) is 1.86. The van der Waals surface area contributed by atoms with Crippen molar-refractivity contribution in [2.45, 2.75) is 46.6 Å². The molecule has 6 nitrogen and oxygen atoms in total. The van der Waals surface area contributed by atoms with E-state index in [9.17, 15) is 4.79 Å². The number of carbonyl (C=O) groups is 1. The van der Waals surface area contributed by atoms with Gasteiger partial charge in [0, 0.05) is 37.7 Å². The standard InChI is InChI=1S/C17H22N4O2S/c1-10-9-15(20-12(3)18-10)23-14-5-7-21(8-6-14)17(22)16-11(2)19-13(4)24-16/h9,14H,5-8H2,1-4H3. The number of rotatable bonds is 3. The monoisotopic (exact) mass is 346 g/mol. The first-order valence-corrected chi connectivity index (χ1v) is 8.96. The van der Waals surface area contributed by atoms with E-state index in [0.29, 0.717) is 24.8 Å². The summed E-state index contributed by atoms with van der Waals surface area (Å²) in [6.45, 7) is 9.02. The van der Waals surface area contributed by atoms with Crippen molar-refractivity contribution in [3.63, 3.8) is 0 Å². The number of hydrogen-bond acceptors (Lipinski definition) is 6. The van der Waals surface area contributed by atoms with Crippen LogP contribution in [0, 0.1) is 27.7 Å². The lowest BCUT2D eigenvalue weighted by atomic mass is 10.1. The van der Waals surface area contributed by atoms with E-state index in [2.05, 4.69) is 15.0 Å². The van der Waals surface area contributed by atoms with Crippen LogP contribution >= 0.6 is 11.3 Å². The molecule has 24 heavy (non-hydrogen) atoms. The van der Waals surface area contributed by atoms with Gasteiger partial charge in [-0.15, -0.1) is 11.3 Å². The van der Waals surface area contributed by atoms with Crippen LogP contribution in [0.1, 0.15) is 44.7 Å². The maximum Gasteiger partial charge on any atom is 0.265 e. The Morgan fingerprint density at radius 3 is 2.46 bits per heavy atom. The molecule has 0 radical (unpaired) electrons. The Morgan fingerprint density at radius 1 is 1.17 bits per heavy atom. The summed E-state index contributed by atoms with van der Waals surface area (Å²) >= 11 is 1.47. The number of piperidine rings is 1. The number of likely N-dealkylation sites (tertiary alicyclic amines) is 1. The van der Waals surface area contributed by atoms with Crippen molar-refractivity contribution in [3.8, 4) is 5.88 Å². The lowest BCUT2D eigenvalue weighted by Gasteiger charge is -2.31. The van der Waals surface area contributed by atoms with Gasteiger partial charge in [-0.2, -0.15) is 4.98 Å². The molecule has 0 aliphatic carbocycles. The molecule has 1 amide bonds. The second-order valence-electron chi connectivity index (χ2n) is 6.15. The highest BCUT2D eigenvalue weighted by atomic mass is 32.1. The number of aryl methyl sites for hydroxylation is 4. The minimum Gasteiger partial charge on any atom is -0.474 e. The van der Waals surface area contributed by atoms with Crippen LogP contribution < -0.4 is 4.74 Å². The van der Waals surface area contributed by atoms with Gasteiger partial charge in [0.1, 0.15) is 16.8 Å². The third kappa shape index (κ3) is 3.72. The third-order valence-electron chi connectivity index (χ3n) is 4.06. The van der Waals surface area contributed by atoms with Crippen LogP contribution in [0.3, 0.4) is 0 Å². The predicted molar refractivity (Wildman–Crippen MR) is 92.6 cm³/mol. The Morgan fingerprint density at radius 2 is 1.88 bits per heavy atom. The molecule has 2 aromatic heterocycles. The van der Waals surface area contributed by atoms with Gasteiger partial charge >= 0.3 is 0 Å². The van der Waals surface area contributed by atoms with Gasteiger partial charge in [-0.25, -0.2) is 9.97 Å². The fraction of sp³-hybridized carbons (Fsp3) is 0.529. The van der Waals surface area contributed by atoms with Crippen molar-refractivity contribution < 1.29 is 9.53 Å². The van der Waals surface area contributed by atoms with E-state index in [1.165, 1.54) is 11.3 Å². The summed E-state index contributed by atoms with van der Waals surface area (Å²) in [5.74, 6) is 1.43. The molecule has 0 spiro atoms. The molecule has 1 aliphatic rings. The summed E-state index contributed by atoms with van der Waals surface area (Å²) in [5, 5.41) is 0.934. The minimum absolute atomic E-state index is 0.0882. The van der Waals surface area contributed by atoms with Crippen LogP contribution in [0.4, 0.5) is 0 Å². The maximum absolute atomic E-state index is 12.6. The summed E-state index contributed by atoms with van der Waals surface area (Å²) in [5.41, 5.74) is 1.73. The number of hydrogen-bond donors (Lipinski definition) is 0. The van der Waals surface area contributed by atoms with Crippen LogP contribution in [0.15, 0.2) is 6.07 Å². The van der Waals surface area contributed by atoms with Crippen LogP contribution in [-0.2, 0) is 0 Å². The van der Waals surface area contributed by atoms with E-state index in [4.69, 9.17) is 4.74 Å². The first-order chi connectivity index (χ1) is 11.4. The lowest BCUT2D eigenvalue weighted by molar-refractivity contribution is 0.0591. The van der Waals surface area contributed by atoms with Crippen molar-refractivity contribution in [1.82, 2.24) is 19.9 Å². The molecule has 3 rings (SSSR count). The van der Waals surface area contributed by atoms with Crippen molar-refractivity contribution in [2.75, 3.05) is 13.1 Å². The molecular formula is C17H22N4O2S. The molecule has 1 fully saturated rings. The van der Waals surface area contributed by atoms with Crippen molar-refractivity contribution in [2.24, 2.45) is 0 Å². The van der Waals surface area contributed by atoms with Crippen LogP contribution in [-0.4, -0.2) is 45.0 Å². The maximum atomic E-state index is 12.6. The first kappa shape index (κ1) is 16.8. The lowest BCUT2D eigenvalue weighted by Crippen LogP contribution is -2.41. The Balaban J connectivity index is 1.59. The Hall–Kier alpha value is -2.02. The van der Waals surface area contributed by atoms with E-state index in [-0.39, 0.29) is 12.0 Å². The first-order valence-electron chi connectivity index (χ1n) is 8.14. The van der Waals surface area contributed by atoms with Crippen molar-refractivity contribution in [1.29, 1.82) is 0 Å². The number of amides is 1. The molecule has 128 valence electrons. The second kappa shape index (κ2) is 6.84. The number of carbonyl (C=O) groups excluding carboxylic acids is 1. The molecule has 0 aromatic carbocycles. The average molecular weight is 346 g/mol. The quantitative estimate of drug-likeness (QED) is 0.855.